The first-order valence-electron chi connectivity index (χ1n) is 9.90. The van der Waals surface area contributed by atoms with Crippen LogP contribution in [-0.2, 0) is 19.1 Å². The summed E-state index contributed by atoms with van der Waals surface area (Å²) in [5, 5.41) is 0. The molecule has 1 aliphatic carbocycles. The van der Waals surface area contributed by atoms with Crippen molar-refractivity contribution in [3.8, 4) is 0 Å². The molecule has 0 aromatic heterocycles. The molecule has 154 valence electrons. The molecule has 28 heavy (non-hydrogen) atoms. The van der Waals surface area contributed by atoms with Gasteiger partial charge in [-0.1, -0.05) is 27.2 Å². The molecule has 0 bridgehead atoms. The number of carbonyl (C=O) groups excluding carboxylic acids is 3. The van der Waals surface area contributed by atoms with Crippen LogP contribution in [0.25, 0.3) is 0 Å². The van der Waals surface area contributed by atoms with E-state index >= 15 is 0 Å². The third-order valence-electron chi connectivity index (χ3n) is 5.32. The van der Waals surface area contributed by atoms with Crippen molar-refractivity contribution < 1.29 is 28.2 Å². The molecule has 0 unspecified atom stereocenters. The molecular weight excluding hydrogens is 363 g/mol. The Morgan fingerprint density at radius 1 is 1.07 bits per heavy atom. The molecule has 2 rings (SSSR count). The van der Waals surface area contributed by atoms with Crippen molar-refractivity contribution in [2.45, 2.75) is 59.0 Å². The molecule has 0 spiro atoms. The molecular formula is C22H29FO5. The Bertz CT molecular complexity index is 683. The number of ether oxygens (including phenoxy) is 2. The number of carbonyl (C=O) groups is 3. The fourth-order valence-electron chi connectivity index (χ4n) is 3.66. The van der Waals surface area contributed by atoms with E-state index in [0.29, 0.717) is 23.3 Å². The van der Waals surface area contributed by atoms with E-state index in [4.69, 9.17) is 9.47 Å². The predicted octanol–water partition coefficient (Wildman–Crippen LogP) is 4.34. The molecule has 1 aromatic carbocycles. The molecule has 1 aliphatic rings. The average molecular weight is 392 g/mol. The van der Waals surface area contributed by atoms with Gasteiger partial charge in [0.05, 0.1) is 6.42 Å². The zero-order valence-corrected chi connectivity index (χ0v) is 16.8. The lowest BCUT2D eigenvalue weighted by Crippen LogP contribution is -2.36. The van der Waals surface area contributed by atoms with Crippen molar-refractivity contribution in [2.75, 3.05) is 6.61 Å². The van der Waals surface area contributed by atoms with Crippen LogP contribution in [0.1, 0.15) is 63.2 Å². The molecule has 0 heterocycles. The Hall–Kier alpha value is -2.24. The van der Waals surface area contributed by atoms with Crippen LogP contribution in [0.15, 0.2) is 24.3 Å². The summed E-state index contributed by atoms with van der Waals surface area (Å²) < 4.78 is 23.4. The highest BCUT2D eigenvalue weighted by atomic mass is 19.1. The summed E-state index contributed by atoms with van der Waals surface area (Å²) >= 11 is 0. The summed E-state index contributed by atoms with van der Waals surface area (Å²) in [5.41, 5.74) is 0.333. The number of Topliss-reactive ketones (excluding diaryl/α,β-unsaturated/α-hetero) is 1. The number of halogens is 1. The van der Waals surface area contributed by atoms with Crippen molar-refractivity contribution in [3.63, 3.8) is 0 Å². The highest BCUT2D eigenvalue weighted by Crippen LogP contribution is 2.35. The summed E-state index contributed by atoms with van der Waals surface area (Å²) in [7, 11) is 0. The second-order valence-corrected chi connectivity index (χ2v) is 7.95. The van der Waals surface area contributed by atoms with Gasteiger partial charge in [0.2, 0.25) is 0 Å². The molecule has 0 N–H and O–H groups in total. The minimum absolute atomic E-state index is 0.0604. The van der Waals surface area contributed by atoms with E-state index in [1.807, 2.05) is 0 Å². The van der Waals surface area contributed by atoms with Gasteiger partial charge < -0.3 is 9.47 Å². The lowest BCUT2D eigenvalue weighted by molar-refractivity contribution is -0.167. The molecule has 0 radical (unpaired) electrons. The zero-order chi connectivity index (χ0) is 20.7. The van der Waals surface area contributed by atoms with Gasteiger partial charge in [0, 0.05) is 12.0 Å². The van der Waals surface area contributed by atoms with Crippen molar-refractivity contribution in [3.05, 3.63) is 35.6 Å². The standard InChI is InChI=1S/C22H29FO5/c1-14(2)18-9-4-15(3)12-20(18)28-22(26)13-27-21(25)11-10-19(24)16-5-7-17(23)8-6-16/h5-8,14-15,18,20H,4,9-13H2,1-3H3/t15-,18+,20+/m1/s1. The zero-order valence-electron chi connectivity index (χ0n) is 16.8. The molecule has 3 atom stereocenters. The van der Waals surface area contributed by atoms with Gasteiger partial charge in [-0.2, -0.15) is 0 Å². The van der Waals surface area contributed by atoms with Crippen LogP contribution in [-0.4, -0.2) is 30.4 Å². The quantitative estimate of drug-likeness (QED) is 0.486. The Labute approximate surface area is 165 Å². The third-order valence-corrected chi connectivity index (χ3v) is 5.32. The molecule has 1 fully saturated rings. The summed E-state index contributed by atoms with van der Waals surface area (Å²) in [6.07, 6.45) is 2.65. The highest BCUT2D eigenvalue weighted by Gasteiger charge is 2.33. The minimum atomic E-state index is -0.634. The van der Waals surface area contributed by atoms with Gasteiger partial charge >= 0.3 is 11.9 Å². The van der Waals surface area contributed by atoms with Crippen molar-refractivity contribution in [1.82, 2.24) is 0 Å². The fourth-order valence-corrected chi connectivity index (χ4v) is 3.66. The molecule has 5 nitrogen and oxygen atoms in total. The molecule has 0 amide bonds. The van der Waals surface area contributed by atoms with Gasteiger partial charge in [-0.15, -0.1) is 0 Å². The van der Waals surface area contributed by atoms with E-state index < -0.39 is 24.4 Å². The number of hydrogen-bond donors (Lipinski definition) is 0. The normalized spacial score (nSPS) is 22.0. The summed E-state index contributed by atoms with van der Waals surface area (Å²) in [6.45, 7) is 5.95. The molecule has 1 saturated carbocycles. The van der Waals surface area contributed by atoms with Gasteiger partial charge in [0.25, 0.3) is 0 Å². The molecule has 6 heteroatoms. The number of ketones is 1. The first kappa shape index (κ1) is 22.1. The van der Waals surface area contributed by atoms with E-state index in [1.54, 1.807) is 0 Å². The second-order valence-electron chi connectivity index (χ2n) is 7.95. The summed E-state index contributed by atoms with van der Waals surface area (Å²) in [6, 6.07) is 5.13. The van der Waals surface area contributed by atoms with Gasteiger partial charge in [0.1, 0.15) is 11.9 Å². The number of hydrogen-bond acceptors (Lipinski definition) is 5. The Morgan fingerprint density at radius 3 is 2.39 bits per heavy atom. The smallest absolute Gasteiger partial charge is 0.344 e. The van der Waals surface area contributed by atoms with Crippen molar-refractivity contribution in [2.24, 2.45) is 17.8 Å². The lowest BCUT2D eigenvalue weighted by atomic mass is 9.75. The first-order valence-corrected chi connectivity index (χ1v) is 9.90. The predicted molar refractivity (Wildman–Crippen MR) is 102 cm³/mol. The van der Waals surface area contributed by atoms with Crippen LogP contribution in [0.2, 0.25) is 0 Å². The summed E-state index contributed by atoms with van der Waals surface area (Å²) in [4.78, 5) is 35.9. The Morgan fingerprint density at radius 2 is 1.75 bits per heavy atom. The minimum Gasteiger partial charge on any atom is -0.460 e. The number of benzene rings is 1. The topological polar surface area (TPSA) is 69.7 Å². The maximum absolute atomic E-state index is 12.9. The van der Waals surface area contributed by atoms with E-state index in [1.165, 1.54) is 24.3 Å². The van der Waals surface area contributed by atoms with Gasteiger partial charge in [0.15, 0.2) is 12.4 Å². The van der Waals surface area contributed by atoms with Crippen LogP contribution >= 0.6 is 0 Å². The first-order chi connectivity index (χ1) is 13.3. The summed E-state index contributed by atoms with van der Waals surface area (Å²) in [5.74, 6) is -0.646. The Balaban J connectivity index is 1.73. The lowest BCUT2D eigenvalue weighted by Gasteiger charge is -2.36. The van der Waals surface area contributed by atoms with Crippen LogP contribution in [0.5, 0.6) is 0 Å². The maximum atomic E-state index is 12.9. The third kappa shape index (κ3) is 6.73. The van der Waals surface area contributed by atoms with E-state index in [-0.39, 0.29) is 24.7 Å². The second kappa shape index (κ2) is 10.3. The SMILES string of the molecule is CC(C)[C@@H]1CC[C@@H](C)C[C@@H]1OC(=O)COC(=O)CCC(=O)c1ccc(F)cc1. The van der Waals surface area contributed by atoms with Crippen LogP contribution in [0.3, 0.4) is 0 Å². The number of esters is 2. The van der Waals surface area contributed by atoms with Crippen molar-refractivity contribution >= 4 is 17.7 Å². The van der Waals surface area contributed by atoms with E-state index in [9.17, 15) is 18.8 Å². The van der Waals surface area contributed by atoms with E-state index in [0.717, 1.165) is 19.3 Å². The van der Waals surface area contributed by atoms with Gasteiger partial charge in [-0.25, -0.2) is 9.18 Å². The van der Waals surface area contributed by atoms with Crippen LogP contribution in [0.4, 0.5) is 4.39 Å². The Kier molecular flexibility index (Phi) is 8.15. The molecule has 0 saturated heterocycles. The fraction of sp³-hybridized carbons (Fsp3) is 0.591. The molecule has 0 aliphatic heterocycles. The van der Waals surface area contributed by atoms with Gasteiger partial charge in [-0.3, -0.25) is 9.59 Å². The van der Waals surface area contributed by atoms with E-state index in [2.05, 4.69) is 20.8 Å². The maximum Gasteiger partial charge on any atom is 0.344 e. The monoisotopic (exact) mass is 392 g/mol. The van der Waals surface area contributed by atoms with Gasteiger partial charge in [-0.05, 0) is 54.9 Å². The largest absolute Gasteiger partial charge is 0.460 e. The van der Waals surface area contributed by atoms with Crippen molar-refractivity contribution in [1.29, 1.82) is 0 Å². The van der Waals surface area contributed by atoms with Crippen LogP contribution < -0.4 is 0 Å². The molecule has 1 aromatic rings. The number of rotatable bonds is 8. The average Bonchev–Trinajstić information content (AvgIpc) is 2.64. The highest BCUT2D eigenvalue weighted by molar-refractivity contribution is 5.97. The van der Waals surface area contributed by atoms with Crippen LogP contribution in [0, 0.1) is 23.6 Å².